The second-order valence-corrected chi connectivity index (χ2v) is 5.68. The summed E-state index contributed by atoms with van der Waals surface area (Å²) in [6, 6.07) is 6.35. The standard InChI is InChI=1S/C17H17N3O4/c1-9(15(21)20-17(18)23)24-16(22)14-10-5-2-3-7-12(10)19-13-8-4-6-11(13)14/h2-3,5,7,9H,4,6,8H2,1H3,(H3,18,20,21,23)/t9-/m1/s1. The molecule has 0 spiro atoms. The third-order valence-corrected chi connectivity index (χ3v) is 4.02. The lowest BCUT2D eigenvalue weighted by Crippen LogP contribution is -2.42. The minimum Gasteiger partial charge on any atom is -0.449 e. The smallest absolute Gasteiger partial charge is 0.339 e. The Bertz CT molecular complexity index is 847. The topological polar surface area (TPSA) is 111 Å². The number of amides is 3. The van der Waals surface area contributed by atoms with Gasteiger partial charge in [0.15, 0.2) is 6.10 Å². The molecule has 1 atom stereocenters. The Morgan fingerprint density at radius 2 is 2.00 bits per heavy atom. The molecule has 3 amide bonds. The van der Waals surface area contributed by atoms with Crippen molar-refractivity contribution in [1.29, 1.82) is 0 Å². The van der Waals surface area contributed by atoms with E-state index in [4.69, 9.17) is 10.5 Å². The fourth-order valence-corrected chi connectivity index (χ4v) is 2.94. The van der Waals surface area contributed by atoms with E-state index in [1.54, 1.807) is 0 Å². The van der Waals surface area contributed by atoms with Gasteiger partial charge >= 0.3 is 12.0 Å². The number of nitrogens with one attached hydrogen (secondary N) is 1. The number of hydrogen-bond donors (Lipinski definition) is 2. The highest BCUT2D eigenvalue weighted by Crippen LogP contribution is 2.30. The molecule has 0 aliphatic heterocycles. The zero-order valence-electron chi connectivity index (χ0n) is 13.2. The average molecular weight is 327 g/mol. The lowest BCUT2D eigenvalue weighted by Gasteiger charge is -2.15. The molecule has 124 valence electrons. The number of urea groups is 1. The molecule has 0 saturated heterocycles. The number of benzene rings is 1. The molecule has 1 aromatic heterocycles. The molecule has 2 aromatic rings. The van der Waals surface area contributed by atoms with Crippen LogP contribution in [0.3, 0.4) is 0 Å². The summed E-state index contributed by atoms with van der Waals surface area (Å²) in [6.07, 6.45) is 1.36. The molecule has 7 heteroatoms. The van der Waals surface area contributed by atoms with Gasteiger partial charge in [-0.3, -0.25) is 15.1 Å². The third kappa shape index (κ3) is 2.92. The molecule has 0 radical (unpaired) electrons. The quantitative estimate of drug-likeness (QED) is 0.829. The van der Waals surface area contributed by atoms with Gasteiger partial charge < -0.3 is 10.5 Å². The van der Waals surface area contributed by atoms with Gasteiger partial charge in [0.25, 0.3) is 5.91 Å². The first-order valence-corrected chi connectivity index (χ1v) is 7.69. The maximum Gasteiger partial charge on any atom is 0.339 e. The maximum absolute atomic E-state index is 12.7. The normalized spacial score (nSPS) is 14.0. The van der Waals surface area contributed by atoms with Crippen molar-refractivity contribution in [2.24, 2.45) is 5.73 Å². The Kier molecular flexibility index (Phi) is 4.16. The lowest BCUT2D eigenvalue weighted by atomic mass is 10.0. The van der Waals surface area contributed by atoms with Crippen LogP contribution in [0.25, 0.3) is 10.9 Å². The Morgan fingerprint density at radius 1 is 1.25 bits per heavy atom. The number of primary amides is 1. The summed E-state index contributed by atoms with van der Waals surface area (Å²) in [5.41, 5.74) is 7.85. The number of pyridine rings is 1. The number of ether oxygens (including phenoxy) is 1. The van der Waals surface area contributed by atoms with Crippen LogP contribution in [0.15, 0.2) is 24.3 Å². The van der Waals surface area contributed by atoms with Gasteiger partial charge in [-0.15, -0.1) is 0 Å². The van der Waals surface area contributed by atoms with Crippen molar-refractivity contribution in [3.05, 3.63) is 41.1 Å². The van der Waals surface area contributed by atoms with Crippen LogP contribution >= 0.6 is 0 Å². The van der Waals surface area contributed by atoms with E-state index in [9.17, 15) is 14.4 Å². The number of imide groups is 1. The Balaban J connectivity index is 1.95. The number of hydrogen-bond acceptors (Lipinski definition) is 5. The number of carbonyl (C=O) groups is 3. The van der Waals surface area contributed by atoms with Gasteiger partial charge in [0.05, 0.1) is 11.1 Å². The summed E-state index contributed by atoms with van der Waals surface area (Å²) in [4.78, 5) is 39.7. The average Bonchev–Trinajstić information content (AvgIpc) is 2.99. The predicted molar refractivity (Wildman–Crippen MR) is 86.4 cm³/mol. The second-order valence-electron chi connectivity index (χ2n) is 5.68. The summed E-state index contributed by atoms with van der Waals surface area (Å²) >= 11 is 0. The Hall–Kier alpha value is -2.96. The Labute approximate surface area is 138 Å². The Morgan fingerprint density at radius 3 is 2.75 bits per heavy atom. The van der Waals surface area contributed by atoms with Gasteiger partial charge in [-0.05, 0) is 37.8 Å². The minimum atomic E-state index is -1.13. The van der Waals surface area contributed by atoms with E-state index in [1.807, 2.05) is 29.6 Å². The highest BCUT2D eigenvalue weighted by molar-refractivity contribution is 6.06. The van der Waals surface area contributed by atoms with E-state index in [1.165, 1.54) is 6.92 Å². The molecule has 0 bridgehead atoms. The molecule has 0 saturated carbocycles. The van der Waals surface area contributed by atoms with Crippen molar-refractivity contribution in [3.8, 4) is 0 Å². The minimum absolute atomic E-state index is 0.451. The molecule has 0 unspecified atom stereocenters. The number of nitrogens with zero attached hydrogens (tertiary/aromatic N) is 1. The molecule has 3 rings (SSSR count). The third-order valence-electron chi connectivity index (χ3n) is 4.02. The van der Waals surface area contributed by atoms with Crippen LogP contribution in [-0.4, -0.2) is 29.0 Å². The summed E-state index contributed by atoms with van der Waals surface area (Å²) in [6.45, 7) is 1.39. The highest BCUT2D eigenvalue weighted by Gasteiger charge is 2.27. The number of nitrogens with two attached hydrogens (primary N) is 1. The van der Waals surface area contributed by atoms with Crippen molar-refractivity contribution in [3.63, 3.8) is 0 Å². The SMILES string of the molecule is C[C@@H](OC(=O)c1c2c(nc3ccccc13)CCC2)C(=O)NC(N)=O. The van der Waals surface area contributed by atoms with Crippen molar-refractivity contribution >= 4 is 28.8 Å². The molecule has 1 aliphatic carbocycles. The van der Waals surface area contributed by atoms with Gasteiger partial charge in [-0.2, -0.15) is 0 Å². The number of aromatic nitrogens is 1. The highest BCUT2D eigenvalue weighted by atomic mass is 16.5. The lowest BCUT2D eigenvalue weighted by molar-refractivity contribution is -0.127. The fraction of sp³-hybridized carbons (Fsp3) is 0.294. The molecule has 0 fully saturated rings. The van der Waals surface area contributed by atoms with Crippen LogP contribution < -0.4 is 11.1 Å². The molecule has 1 aliphatic rings. The second kappa shape index (κ2) is 6.27. The van der Waals surface area contributed by atoms with E-state index in [0.717, 1.165) is 36.0 Å². The molecule has 3 N–H and O–H groups in total. The van der Waals surface area contributed by atoms with Gasteiger partial charge in [0.1, 0.15) is 0 Å². The first kappa shape index (κ1) is 15.9. The number of rotatable bonds is 3. The summed E-state index contributed by atoms with van der Waals surface area (Å²) < 4.78 is 5.25. The number of aryl methyl sites for hydroxylation is 1. The van der Waals surface area contributed by atoms with Gasteiger partial charge in [0, 0.05) is 11.1 Å². The summed E-state index contributed by atoms with van der Waals surface area (Å²) in [7, 11) is 0. The van der Waals surface area contributed by atoms with Crippen molar-refractivity contribution in [2.45, 2.75) is 32.3 Å². The fourth-order valence-electron chi connectivity index (χ4n) is 2.94. The van der Waals surface area contributed by atoms with Gasteiger partial charge in [0.2, 0.25) is 0 Å². The van der Waals surface area contributed by atoms with Gasteiger partial charge in [-0.1, -0.05) is 18.2 Å². The summed E-state index contributed by atoms with van der Waals surface area (Å²) in [5.74, 6) is -1.36. The molecule has 1 heterocycles. The largest absolute Gasteiger partial charge is 0.449 e. The van der Waals surface area contributed by atoms with Crippen LogP contribution in [0, 0.1) is 0 Å². The number of fused-ring (bicyclic) bond motifs is 2. The molecule has 7 nitrogen and oxygen atoms in total. The van der Waals surface area contributed by atoms with Crippen LogP contribution in [0.4, 0.5) is 4.79 Å². The zero-order chi connectivity index (χ0) is 17.3. The number of para-hydroxylation sites is 1. The van der Waals surface area contributed by atoms with Crippen LogP contribution in [-0.2, 0) is 22.4 Å². The van der Waals surface area contributed by atoms with E-state index in [0.29, 0.717) is 10.9 Å². The van der Waals surface area contributed by atoms with Crippen molar-refractivity contribution in [2.75, 3.05) is 0 Å². The first-order valence-electron chi connectivity index (χ1n) is 7.69. The summed E-state index contributed by atoms with van der Waals surface area (Å²) in [5, 5.41) is 2.60. The van der Waals surface area contributed by atoms with Crippen LogP contribution in [0.5, 0.6) is 0 Å². The molecular weight excluding hydrogens is 310 g/mol. The van der Waals surface area contributed by atoms with E-state index in [-0.39, 0.29) is 0 Å². The first-order chi connectivity index (χ1) is 11.5. The van der Waals surface area contributed by atoms with Crippen molar-refractivity contribution < 1.29 is 19.1 Å². The molecule has 24 heavy (non-hydrogen) atoms. The van der Waals surface area contributed by atoms with E-state index < -0.39 is 24.0 Å². The molecular formula is C17H17N3O4. The van der Waals surface area contributed by atoms with E-state index >= 15 is 0 Å². The maximum atomic E-state index is 12.7. The van der Waals surface area contributed by atoms with Crippen LogP contribution in [0.1, 0.15) is 35.0 Å². The van der Waals surface area contributed by atoms with Crippen LogP contribution in [0.2, 0.25) is 0 Å². The van der Waals surface area contributed by atoms with Crippen molar-refractivity contribution in [1.82, 2.24) is 10.3 Å². The predicted octanol–water partition coefficient (Wildman–Crippen LogP) is 1.46. The molecule has 1 aromatic carbocycles. The van der Waals surface area contributed by atoms with Gasteiger partial charge in [-0.25, -0.2) is 9.59 Å². The monoisotopic (exact) mass is 327 g/mol. The van der Waals surface area contributed by atoms with E-state index in [2.05, 4.69) is 4.98 Å². The number of esters is 1. The zero-order valence-corrected chi connectivity index (χ0v) is 13.2. The number of carbonyl (C=O) groups excluding carboxylic acids is 3.